The summed E-state index contributed by atoms with van der Waals surface area (Å²) in [6.45, 7) is 1.74. The molecule has 1 N–H and O–H groups in total. The minimum Gasteiger partial charge on any atom is -0.384 e. The molecule has 1 aliphatic rings. The number of ether oxygens (including phenoxy) is 1. The lowest BCUT2D eigenvalue weighted by Gasteiger charge is -2.35. The lowest BCUT2D eigenvalue weighted by atomic mass is 9.89. The fourth-order valence-electron chi connectivity index (χ4n) is 3.69. The van der Waals surface area contributed by atoms with Crippen molar-refractivity contribution in [2.75, 3.05) is 26.8 Å². The van der Waals surface area contributed by atoms with Crippen LogP contribution in [0, 0.1) is 0 Å². The Bertz CT molecular complexity index is 716. The van der Waals surface area contributed by atoms with E-state index in [-0.39, 0.29) is 23.8 Å². The van der Waals surface area contributed by atoms with Crippen LogP contribution in [0.1, 0.15) is 36.3 Å². The van der Waals surface area contributed by atoms with E-state index in [1.807, 2.05) is 65.6 Å². The summed E-state index contributed by atoms with van der Waals surface area (Å²) in [5.74, 6) is -0.158. The fraction of sp³-hybridized carbons (Fsp3) is 0.391. The highest BCUT2D eigenvalue weighted by atomic mass is 16.5. The average Bonchev–Trinajstić information content (AvgIpc) is 2.74. The van der Waals surface area contributed by atoms with Gasteiger partial charge in [0.25, 0.3) is 0 Å². The van der Waals surface area contributed by atoms with Gasteiger partial charge in [-0.1, -0.05) is 60.7 Å². The van der Waals surface area contributed by atoms with Gasteiger partial charge in [-0.2, -0.15) is 0 Å². The molecule has 28 heavy (non-hydrogen) atoms. The van der Waals surface area contributed by atoms with Crippen LogP contribution in [0.2, 0.25) is 0 Å². The average molecular weight is 380 g/mol. The van der Waals surface area contributed by atoms with E-state index in [9.17, 15) is 9.59 Å². The van der Waals surface area contributed by atoms with Crippen LogP contribution in [-0.4, -0.2) is 49.6 Å². The summed E-state index contributed by atoms with van der Waals surface area (Å²) in [6.07, 6.45) is 1.93. The van der Waals surface area contributed by atoms with Gasteiger partial charge in [0.1, 0.15) is 0 Å². The summed E-state index contributed by atoms with van der Waals surface area (Å²) in [7, 11) is 1.59. The highest BCUT2D eigenvalue weighted by Gasteiger charge is 2.30. The zero-order chi connectivity index (χ0) is 19.8. The summed E-state index contributed by atoms with van der Waals surface area (Å²) in [6, 6.07) is 20.0. The summed E-state index contributed by atoms with van der Waals surface area (Å²) in [5, 5.41) is 3.05. The minimum atomic E-state index is -0.296. The Morgan fingerprint density at radius 2 is 1.54 bits per heavy atom. The van der Waals surface area contributed by atoms with Crippen molar-refractivity contribution in [3.05, 3.63) is 71.8 Å². The molecule has 0 radical (unpaired) electrons. The third-order valence-corrected chi connectivity index (χ3v) is 5.22. The van der Waals surface area contributed by atoms with Gasteiger partial charge in [-0.15, -0.1) is 0 Å². The highest BCUT2D eigenvalue weighted by molar-refractivity contribution is 5.87. The predicted molar refractivity (Wildman–Crippen MR) is 109 cm³/mol. The zero-order valence-electron chi connectivity index (χ0n) is 16.3. The zero-order valence-corrected chi connectivity index (χ0v) is 16.3. The smallest absolute Gasteiger partial charge is 0.234 e. The first-order valence-electron chi connectivity index (χ1n) is 9.86. The Morgan fingerprint density at radius 1 is 1.00 bits per heavy atom. The lowest BCUT2D eigenvalue weighted by molar-refractivity contribution is -0.133. The van der Waals surface area contributed by atoms with E-state index in [4.69, 9.17) is 4.74 Å². The molecular weight excluding hydrogens is 352 g/mol. The molecule has 3 rings (SSSR count). The number of likely N-dealkylation sites (tertiary alicyclic amines) is 1. The van der Waals surface area contributed by atoms with Gasteiger partial charge in [0.05, 0.1) is 12.5 Å². The Hall–Kier alpha value is -2.66. The molecule has 0 spiro atoms. The van der Waals surface area contributed by atoms with Gasteiger partial charge in [-0.25, -0.2) is 0 Å². The molecule has 1 aliphatic heterocycles. The van der Waals surface area contributed by atoms with Crippen LogP contribution >= 0.6 is 0 Å². The van der Waals surface area contributed by atoms with Crippen LogP contribution in [0.25, 0.3) is 0 Å². The number of piperidine rings is 1. The van der Waals surface area contributed by atoms with Crippen molar-refractivity contribution in [3.8, 4) is 0 Å². The number of amides is 2. The SMILES string of the molecule is COCCC(=O)NC1CCN(C(=O)C(c2ccccc2)c2ccccc2)CC1. The molecule has 0 unspecified atom stereocenters. The number of nitrogens with one attached hydrogen (secondary N) is 1. The molecular formula is C23H28N2O3. The molecule has 0 bridgehead atoms. The molecule has 0 saturated carbocycles. The molecule has 1 saturated heterocycles. The Kier molecular flexibility index (Phi) is 7.20. The molecule has 148 valence electrons. The van der Waals surface area contributed by atoms with Crippen LogP contribution in [0.15, 0.2) is 60.7 Å². The molecule has 0 atom stereocenters. The van der Waals surface area contributed by atoms with Crippen molar-refractivity contribution in [3.63, 3.8) is 0 Å². The number of hydrogen-bond acceptors (Lipinski definition) is 3. The number of rotatable bonds is 7. The maximum absolute atomic E-state index is 13.4. The van der Waals surface area contributed by atoms with Gasteiger partial charge in [0.15, 0.2) is 0 Å². The minimum absolute atomic E-state index is 0.0121. The fourth-order valence-corrected chi connectivity index (χ4v) is 3.69. The van der Waals surface area contributed by atoms with E-state index < -0.39 is 0 Å². The second kappa shape index (κ2) is 10.0. The molecule has 5 nitrogen and oxygen atoms in total. The molecule has 0 aliphatic carbocycles. The molecule has 1 fully saturated rings. The molecule has 5 heteroatoms. The first-order chi connectivity index (χ1) is 13.7. The number of nitrogens with zero attached hydrogens (tertiary/aromatic N) is 1. The highest BCUT2D eigenvalue weighted by Crippen LogP contribution is 2.28. The van der Waals surface area contributed by atoms with E-state index in [0.29, 0.717) is 26.1 Å². The predicted octanol–water partition coefficient (Wildman–Crippen LogP) is 2.96. The van der Waals surface area contributed by atoms with Gasteiger partial charge in [-0.05, 0) is 24.0 Å². The van der Waals surface area contributed by atoms with Crippen molar-refractivity contribution < 1.29 is 14.3 Å². The Labute approximate surface area is 166 Å². The first kappa shape index (κ1) is 20.1. The number of benzene rings is 2. The van der Waals surface area contributed by atoms with Crippen LogP contribution in [-0.2, 0) is 14.3 Å². The van der Waals surface area contributed by atoms with Crippen molar-refractivity contribution in [2.24, 2.45) is 0 Å². The summed E-state index contributed by atoms with van der Waals surface area (Å²) < 4.78 is 4.95. The van der Waals surface area contributed by atoms with Gasteiger partial charge >= 0.3 is 0 Å². The topological polar surface area (TPSA) is 58.6 Å². The summed E-state index contributed by atoms with van der Waals surface area (Å²) in [4.78, 5) is 27.2. The van der Waals surface area contributed by atoms with Crippen molar-refractivity contribution in [1.82, 2.24) is 10.2 Å². The van der Waals surface area contributed by atoms with Crippen molar-refractivity contribution in [1.29, 1.82) is 0 Å². The third-order valence-electron chi connectivity index (χ3n) is 5.22. The quantitative estimate of drug-likeness (QED) is 0.803. The van der Waals surface area contributed by atoms with Gasteiger partial charge in [0, 0.05) is 32.7 Å². The maximum Gasteiger partial charge on any atom is 0.234 e. The monoisotopic (exact) mass is 380 g/mol. The lowest BCUT2D eigenvalue weighted by Crippen LogP contribution is -2.48. The standard InChI is InChI=1S/C23H28N2O3/c1-28-17-14-21(26)24-20-12-15-25(16-13-20)23(27)22(18-8-4-2-5-9-18)19-10-6-3-7-11-19/h2-11,20,22H,12-17H2,1H3,(H,24,26). The van der Waals surface area contributed by atoms with E-state index in [2.05, 4.69) is 5.32 Å². The molecule has 0 aromatic heterocycles. The number of methoxy groups -OCH3 is 1. The van der Waals surface area contributed by atoms with Gasteiger partial charge in [-0.3, -0.25) is 9.59 Å². The van der Waals surface area contributed by atoms with E-state index >= 15 is 0 Å². The summed E-state index contributed by atoms with van der Waals surface area (Å²) >= 11 is 0. The maximum atomic E-state index is 13.4. The Balaban J connectivity index is 1.66. The van der Waals surface area contributed by atoms with Crippen LogP contribution in [0.3, 0.4) is 0 Å². The largest absolute Gasteiger partial charge is 0.384 e. The normalized spacial score (nSPS) is 14.9. The molecule has 2 aromatic carbocycles. The summed E-state index contributed by atoms with van der Waals surface area (Å²) in [5.41, 5.74) is 2.02. The second-order valence-electron chi connectivity index (χ2n) is 7.16. The van der Waals surface area contributed by atoms with Gasteiger partial charge < -0.3 is 15.0 Å². The molecule has 1 heterocycles. The Morgan fingerprint density at radius 3 is 2.04 bits per heavy atom. The number of carbonyl (C=O) groups is 2. The molecule has 2 amide bonds. The van der Waals surface area contributed by atoms with E-state index in [1.54, 1.807) is 7.11 Å². The van der Waals surface area contributed by atoms with Crippen LogP contribution < -0.4 is 5.32 Å². The third kappa shape index (κ3) is 5.20. The second-order valence-corrected chi connectivity index (χ2v) is 7.16. The van der Waals surface area contributed by atoms with E-state index in [1.165, 1.54) is 0 Å². The number of hydrogen-bond donors (Lipinski definition) is 1. The van der Waals surface area contributed by atoms with Crippen molar-refractivity contribution >= 4 is 11.8 Å². The van der Waals surface area contributed by atoms with E-state index in [0.717, 1.165) is 24.0 Å². The number of carbonyl (C=O) groups excluding carboxylic acids is 2. The van der Waals surface area contributed by atoms with Crippen LogP contribution in [0.4, 0.5) is 0 Å². The van der Waals surface area contributed by atoms with Crippen molar-refractivity contribution in [2.45, 2.75) is 31.2 Å². The van der Waals surface area contributed by atoms with Gasteiger partial charge in [0.2, 0.25) is 11.8 Å². The molecule has 2 aromatic rings. The van der Waals surface area contributed by atoms with Crippen LogP contribution in [0.5, 0.6) is 0 Å². The first-order valence-corrected chi connectivity index (χ1v) is 9.86.